The Labute approximate surface area is 256 Å². The summed E-state index contributed by atoms with van der Waals surface area (Å²) in [6.07, 6.45) is 6.94. The molecular weight excluding hydrogens is 519 g/mol. The zero-order valence-electron chi connectivity index (χ0n) is 28.5. The van der Waals surface area contributed by atoms with Crippen molar-refractivity contribution >= 4 is 24.1 Å². The second-order valence-corrected chi connectivity index (χ2v) is 13.9. The molecule has 42 heavy (non-hydrogen) atoms. The van der Waals surface area contributed by atoms with Gasteiger partial charge in [-0.1, -0.05) is 102 Å². The quantitative estimate of drug-likeness (QED) is 0.154. The topological polar surface area (TPSA) is 50.8 Å². The van der Waals surface area contributed by atoms with Crippen LogP contribution in [0.3, 0.4) is 0 Å². The molecule has 1 fully saturated rings. The number of rotatable bonds is 12. The van der Waals surface area contributed by atoms with Crippen molar-refractivity contribution < 1.29 is 14.1 Å². The van der Waals surface area contributed by atoms with Crippen LogP contribution in [0.4, 0.5) is 0 Å². The number of hydrogen-bond acceptors (Lipinski definition) is 4. The number of hydrogen-bond donors (Lipinski definition) is 1. The summed E-state index contributed by atoms with van der Waals surface area (Å²) in [6, 6.07) is 5.72. The minimum absolute atomic E-state index is 0.0000991. The van der Waals surface area contributed by atoms with Gasteiger partial charge in [0, 0.05) is 5.56 Å². The Bertz CT molecular complexity index is 1250. The van der Waals surface area contributed by atoms with Gasteiger partial charge in [-0.15, -0.1) is 0 Å². The Kier molecular flexibility index (Phi) is 11.5. The largest absolute Gasteiger partial charge is 0.494 e. The van der Waals surface area contributed by atoms with Gasteiger partial charge in [0.05, 0.1) is 22.9 Å². The third-order valence-corrected chi connectivity index (χ3v) is 8.35. The summed E-state index contributed by atoms with van der Waals surface area (Å²) in [6.45, 7) is 37.9. The number of benzene rings is 1. The Morgan fingerprint density at radius 3 is 2.02 bits per heavy atom. The molecule has 1 aromatic rings. The molecular formula is C36H55BN2O3. The maximum atomic E-state index is 14.1. The maximum absolute atomic E-state index is 14.1. The van der Waals surface area contributed by atoms with Crippen molar-refractivity contribution in [3.63, 3.8) is 0 Å². The lowest BCUT2D eigenvalue weighted by atomic mass is 9.77. The van der Waals surface area contributed by atoms with Gasteiger partial charge in [-0.2, -0.15) is 0 Å². The first-order valence-corrected chi connectivity index (χ1v) is 15.2. The standard InChI is InChI=1S/C36H55BN2O3/c1-16-18-32(34(9,10)11)39(27(8)28(21-24(3)4)22-26(7)17-2)38-33(40)30-20-19-29(23-31(30)25(5)6)37-41-35(12,13)36(14,15)42-37/h19-23,32H,3,5,8,16-18H2,1-2,4,6-7,9-15H3,(H,38,40). The van der Waals surface area contributed by atoms with Crippen LogP contribution in [-0.2, 0) is 9.31 Å². The van der Waals surface area contributed by atoms with Crippen LogP contribution in [0.25, 0.3) is 5.57 Å². The van der Waals surface area contributed by atoms with E-state index in [-0.39, 0.29) is 17.4 Å². The fraction of sp³-hybridized carbons (Fsp3) is 0.528. The molecule has 1 aromatic carbocycles. The summed E-state index contributed by atoms with van der Waals surface area (Å²) in [5.74, 6) is -0.217. The molecule has 0 saturated carbocycles. The first kappa shape index (κ1) is 35.4. The number of nitrogens with one attached hydrogen (secondary N) is 1. The Morgan fingerprint density at radius 1 is 1.00 bits per heavy atom. The summed E-state index contributed by atoms with van der Waals surface area (Å²) in [5.41, 5.74) is 8.96. The van der Waals surface area contributed by atoms with E-state index in [1.807, 2.05) is 70.8 Å². The number of allylic oxidation sites excluding steroid dienone is 5. The van der Waals surface area contributed by atoms with Crippen LogP contribution in [-0.4, -0.2) is 35.3 Å². The molecule has 0 radical (unpaired) electrons. The highest BCUT2D eigenvalue weighted by Crippen LogP contribution is 2.37. The summed E-state index contributed by atoms with van der Waals surface area (Å²) in [7, 11) is -0.528. The van der Waals surface area contributed by atoms with E-state index in [4.69, 9.17) is 9.31 Å². The summed E-state index contributed by atoms with van der Waals surface area (Å²) in [4.78, 5) is 14.1. The van der Waals surface area contributed by atoms with E-state index in [0.717, 1.165) is 52.7 Å². The van der Waals surface area contributed by atoms with Crippen LogP contribution in [0.1, 0.15) is 118 Å². The van der Waals surface area contributed by atoms with E-state index in [1.165, 1.54) is 5.57 Å². The van der Waals surface area contributed by atoms with Crippen molar-refractivity contribution in [1.29, 1.82) is 0 Å². The molecule has 1 saturated heterocycles. The molecule has 0 aromatic heterocycles. The fourth-order valence-electron chi connectivity index (χ4n) is 4.95. The first-order valence-electron chi connectivity index (χ1n) is 15.2. The fourth-order valence-corrected chi connectivity index (χ4v) is 4.95. The van der Waals surface area contributed by atoms with Crippen LogP contribution >= 0.6 is 0 Å². The summed E-state index contributed by atoms with van der Waals surface area (Å²) in [5, 5.41) is 1.98. The minimum Gasteiger partial charge on any atom is -0.399 e. The number of nitrogens with zero attached hydrogens (tertiary/aromatic N) is 1. The Hall–Kier alpha value is -2.83. The molecule has 1 unspecified atom stereocenters. The van der Waals surface area contributed by atoms with E-state index in [9.17, 15) is 4.79 Å². The van der Waals surface area contributed by atoms with Gasteiger partial charge < -0.3 is 9.31 Å². The lowest BCUT2D eigenvalue weighted by Crippen LogP contribution is -2.53. The van der Waals surface area contributed by atoms with Crippen LogP contribution in [0.15, 0.2) is 72.5 Å². The number of carbonyl (C=O) groups is 1. The highest BCUT2D eigenvalue weighted by molar-refractivity contribution is 6.62. The van der Waals surface area contributed by atoms with Gasteiger partial charge >= 0.3 is 7.12 Å². The summed E-state index contributed by atoms with van der Waals surface area (Å²) < 4.78 is 12.6. The van der Waals surface area contributed by atoms with Crippen LogP contribution in [0.5, 0.6) is 0 Å². The predicted octanol–water partition coefficient (Wildman–Crippen LogP) is 8.55. The predicted molar refractivity (Wildman–Crippen MR) is 180 cm³/mol. The lowest BCUT2D eigenvalue weighted by Gasteiger charge is -2.42. The van der Waals surface area contributed by atoms with Crippen LogP contribution in [0.2, 0.25) is 0 Å². The summed E-state index contributed by atoms with van der Waals surface area (Å²) >= 11 is 0. The Morgan fingerprint density at radius 2 is 1.57 bits per heavy atom. The van der Waals surface area contributed by atoms with Gasteiger partial charge in [0.2, 0.25) is 0 Å². The van der Waals surface area contributed by atoms with E-state index in [2.05, 4.69) is 72.8 Å². The third kappa shape index (κ3) is 8.38. The smallest absolute Gasteiger partial charge is 0.399 e. The van der Waals surface area contributed by atoms with Crippen molar-refractivity contribution in [3.05, 3.63) is 83.6 Å². The van der Waals surface area contributed by atoms with Crippen molar-refractivity contribution in [1.82, 2.24) is 10.4 Å². The third-order valence-electron chi connectivity index (χ3n) is 8.35. The molecule has 1 heterocycles. The average molecular weight is 575 g/mol. The van der Waals surface area contributed by atoms with Crippen molar-refractivity contribution in [2.75, 3.05) is 0 Å². The zero-order chi connectivity index (χ0) is 32.2. The molecule has 1 atom stereocenters. The van der Waals surface area contributed by atoms with Crippen LogP contribution < -0.4 is 10.9 Å². The minimum atomic E-state index is -0.528. The first-order chi connectivity index (χ1) is 19.3. The van der Waals surface area contributed by atoms with Gasteiger partial charge in [0.1, 0.15) is 0 Å². The number of carbonyl (C=O) groups excluding carboxylic acids is 1. The molecule has 5 nitrogen and oxygen atoms in total. The second kappa shape index (κ2) is 13.6. The molecule has 0 bridgehead atoms. The Balaban J connectivity index is 2.60. The van der Waals surface area contributed by atoms with Gasteiger partial charge in [-0.3, -0.25) is 15.2 Å². The van der Waals surface area contributed by atoms with Crippen molar-refractivity contribution in [2.24, 2.45) is 5.41 Å². The second-order valence-electron chi connectivity index (χ2n) is 13.9. The average Bonchev–Trinajstić information content (AvgIpc) is 3.10. The molecule has 0 aliphatic carbocycles. The van der Waals surface area contributed by atoms with E-state index in [0.29, 0.717) is 5.56 Å². The molecule has 6 heteroatoms. The zero-order valence-corrected chi connectivity index (χ0v) is 28.5. The van der Waals surface area contributed by atoms with E-state index >= 15 is 0 Å². The molecule has 1 aliphatic rings. The highest BCUT2D eigenvalue weighted by atomic mass is 16.7. The molecule has 1 N–H and O–H groups in total. The SMILES string of the molecule is C=C(C)C=C(C=C(C)CC)C(=C)N(NC(=O)c1ccc(B2OC(C)(C)C(C)(C)O2)cc1C(=C)C)C(CCC)C(C)(C)C. The van der Waals surface area contributed by atoms with Gasteiger partial charge in [0.15, 0.2) is 0 Å². The monoisotopic (exact) mass is 574 g/mol. The highest BCUT2D eigenvalue weighted by Gasteiger charge is 2.51. The lowest BCUT2D eigenvalue weighted by molar-refractivity contribution is 0.00578. The molecule has 2 rings (SSSR count). The van der Waals surface area contributed by atoms with Gasteiger partial charge in [0.25, 0.3) is 5.91 Å². The molecule has 1 amide bonds. The molecule has 230 valence electrons. The number of hydrazine groups is 1. The van der Waals surface area contributed by atoms with E-state index < -0.39 is 18.3 Å². The van der Waals surface area contributed by atoms with Crippen molar-refractivity contribution in [2.45, 2.75) is 120 Å². The molecule has 1 aliphatic heterocycles. The van der Waals surface area contributed by atoms with Crippen LogP contribution in [0, 0.1) is 5.41 Å². The maximum Gasteiger partial charge on any atom is 0.494 e. The normalized spacial score (nSPS) is 17.6. The number of amides is 1. The van der Waals surface area contributed by atoms with E-state index in [1.54, 1.807) is 0 Å². The van der Waals surface area contributed by atoms with Gasteiger partial charge in [-0.25, -0.2) is 0 Å². The van der Waals surface area contributed by atoms with Gasteiger partial charge in [-0.05, 0) is 89.4 Å². The van der Waals surface area contributed by atoms with Crippen molar-refractivity contribution in [3.8, 4) is 0 Å². The molecule has 0 spiro atoms.